The van der Waals surface area contributed by atoms with E-state index in [1.165, 1.54) is 19.2 Å². The lowest BCUT2D eigenvalue weighted by Crippen LogP contribution is -2.05. The lowest BCUT2D eigenvalue weighted by atomic mass is 9.97. The van der Waals surface area contributed by atoms with E-state index in [9.17, 15) is 9.18 Å². The highest BCUT2D eigenvalue weighted by Gasteiger charge is 2.15. The fourth-order valence-corrected chi connectivity index (χ4v) is 2.27. The first-order valence-electron chi connectivity index (χ1n) is 6.98. The molecule has 0 aliphatic heterocycles. The monoisotopic (exact) mass is 286 g/mol. The Morgan fingerprint density at radius 2 is 1.95 bits per heavy atom. The molecule has 2 aromatic rings. The lowest BCUT2D eigenvalue weighted by molar-refractivity contribution is 0.103. The third kappa shape index (κ3) is 3.69. The van der Waals surface area contributed by atoms with E-state index in [0.717, 1.165) is 12.0 Å². The molecule has 0 fully saturated rings. The fraction of sp³-hybridized carbons (Fsp3) is 0.278. The SMILES string of the molecule is COc1ccc(C(=O)c2cccc(CC(C)C)c2)c(F)c1. The van der Waals surface area contributed by atoms with Crippen LogP contribution in [0.25, 0.3) is 0 Å². The van der Waals surface area contributed by atoms with Gasteiger partial charge in [0.15, 0.2) is 5.78 Å². The zero-order valence-corrected chi connectivity index (χ0v) is 12.5. The molecule has 0 radical (unpaired) electrons. The van der Waals surface area contributed by atoms with Crippen LogP contribution in [-0.2, 0) is 6.42 Å². The molecule has 0 bridgehead atoms. The molecule has 0 amide bonds. The summed E-state index contributed by atoms with van der Waals surface area (Å²) in [6, 6.07) is 11.7. The van der Waals surface area contributed by atoms with Crippen LogP contribution in [0.3, 0.4) is 0 Å². The van der Waals surface area contributed by atoms with Crippen molar-refractivity contribution in [1.82, 2.24) is 0 Å². The second-order valence-corrected chi connectivity index (χ2v) is 5.47. The number of methoxy groups -OCH3 is 1. The van der Waals surface area contributed by atoms with Crippen LogP contribution in [0.15, 0.2) is 42.5 Å². The molecular formula is C18H19FO2. The largest absolute Gasteiger partial charge is 0.497 e. The minimum Gasteiger partial charge on any atom is -0.497 e. The average molecular weight is 286 g/mol. The molecule has 0 saturated carbocycles. The Balaban J connectivity index is 2.31. The van der Waals surface area contributed by atoms with Crippen LogP contribution < -0.4 is 4.74 Å². The Morgan fingerprint density at radius 1 is 1.19 bits per heavy atom. The number of benzene rings is 2. The zero-order chi connectivity index (χ0) is 15.4. The molecule has 0 N–H and O–H groups in total. The molecule has 0 aromatic heterocycles. The second kappa shape index (κ2) is 6.53. The van der Waals surface area contributed by atoms with E-state index in [1.807, 2.05) is 18.2 Å². The fourth-order valence-electron chi connectivity index (χ4n) is 2.27. The molecule has 0 aliphatic rings. The van der Waals surface area contributed by atoms with Gasteiger partial charge >= 0.3 is 0 Å². The predicted molar refractivity (Wildman–Crippen MR) is 81.4 cm³/mol. The molecular weight excluding hydrogens is 267 g/mol. The Kier molecular flexibility index (Phi) is 4.73. The van der Waals surface area contributed by atoms with Crippen LogP contribution in [0.2, 0.25) is 0 Å². The predicted octanol–water partition coefficient (Wildman–Crippen LogP) is 4.26. The van der Waals surface area contributed by atoms with Gasteiger partial charge < -0.3 is 4.74 Å². The van der Waals surface area contributed by atoms with Crippen molar-refractivity contribution in [2.75, 3.05) is 7.11 Å². The van der Waals surface area contributed by atoms with Gasteiger partial charge in [0, 0.05) is 11.6 Å². The number of ketones is 1. The van der Waals surface area contributed by atoms with Gasteiger partial charge in [-0.25, -0.2) is 4.39 Å². The van der Waals surface area contributed by atoms with Crippen LogP contribution in [0.4, 0.5) is 4.39 Å². The number of hydrogen-bond donors (Lipinski definition) is 0. The van der Waals surface area contributed by atoms with Gasteiger partial charge in [0.2, 0.25) is 0 Å². The Bertz CT molecular complexity index is 647. The Hall–Kier alpha value is -2.16. The molecule has 110 valence electrons. The summed E-state index contributed by atoms with van der Waals surface area (Å²) < 4.78 is 18.9. The first-order chi connectivity index (χ1) is 10.0. The van der Waals surface area contributed by atoms with Gasteiger partial charge in [-0.15, -0.1) is 0 Å². The van der Waals surface area contributed by atoms with Crippen molar-refractivity contribution >= 4 is 5.78 Å². The van der Waals surface area contributed by atoms with Crippen LogP contribution >= 0.6 is 0 Å². The normalized spacial score (nSPS) is 10.7. The maximum Gasteiger partial charge on any atom is 0.195 e. The van der Waals surface area contributed by atoms with Gasteiger partial charge in [-0.1, -0.05) is 32.0 Å². The third-order valence-electron chi connectivity index (χ3n) is 3.25. The van der Waals surface area contributed by atoms with Crippen molar-refractivity contribution in [2.24, 2.45) is 5.92 Å². The number of halogens is 1. The van der Waals surface area contributed by atoms with Crippen molar-refractivity contribution in [3.05, 3.63) is 65.0 Å². The molecule has 0 saturated heterocycles. The average Bonchev–Trinajstić information content (AvgIpc) is 2.46. The van der Waals surface area contributed by atoms with Crippen molar-refractivity contribution in [3.8, 4) is 5.75 Å². The smallest absolute Gasteiger partial charge is 0.195 e. The van der Waals surface area contributed by atoms with Crippen molar-refractivity contribution in [2.45, 2.75) is 20.3 Å². The van der Waals surface area contributed by atoms with Crippen molar-refractivity contribution in [3.63, 3.8) is 0 Å². The standard InChI is InChI=1S/C18H19FO2/c1-12(2)9-13-5-4-6-14(10-13)18(20)16-8-7-15(21-3)11-17(16)19/h4-8,10-12H,9H2,1-3H3. The van der Waals surface area contributed by atoms with E-state index in [0.29, 0.717) is 17.2 Å². The minimum atomic E-state index is -0.561. The number of hydrogen-bond acceptors (Lipinski definition) is 2. The second-order valence-electron chi connectivity index (χ2n) is 5.47. The van der Waals surface area contributed by atoms with Crippen molar-refractivity contribution < 1.29 is 13.9 Å². The lowest BCUT2D eigenvalue weighted by Gasteiger charge is -2.08. The summed E-state index contributed by atoms with van der Waals surface area (Å²) in [5, 5.41) is 0. The van der Waals surface area contributed by atoms with E-state index in [-0.39, 0.29) is 11.3 Å². The van der Waals surface area contributed by atoms with E-state index in [2.05, 4.69) is 13.8 Å². The highest BCUT2D eigenvalue weighted by molar-refractivity contribution is 6.09. The third-order valence-corrected chi connectivity index (χ3v) is 3.25. The van der Waals surface area contributed by atoms with Gasteiger partial charge in [0.1, 0.15) is 11.6 Å². The number of carbonyl (C=O) groups is 1. The molecule has 0 spiro atoms. The highest BCUT2D eigenvalue weighted by atomic mass is 19.1. The van der Waals surface area contributed by atoms with Gasteiger partial charge in [0.25, 0.3) is 0 Å². The molecule has 0 aliphatic carbocycles. The van der Waals surface area contributed by atoms with Crippen molar-refractivity contribution in [1.29, 1.82) is 0 Å². The highest BCUT2D eigenvalue weighted by Crippen LogP contribution is 2.20. The molecule has 21 heavy (non-hydrogen) atoms. The Labute approximate surface area is 124 Å². The molecule has 0 unspecified atom stereocenters. The number of carbonyl (C=O) groups excluding carboxylic acids is 1. The first kappa shape index (κ1) is 15.2. The van der Waals surface area contributed by atoms with Gasteiger partial charge in [-0.05, 0) is 36.1 Å². The topological polar surface area (TPSA) is 26.3 Å². The summed E-state index contributed by atoms with van der Waals surface area (Å²) >= 11 is 0. The van der Waals surface area contributed by atoms with Crippen LogP contribution in [0.1, 0.15) is 35.3 Å². The van der Waals surface area contributed by atoms with E-state index in [4.69, 9.17) is 4.74 Å². The Morgan fingerprint density at radius 3 is 2.57 bits per heavy atom. The number of rotatable bonds is 5. The van der Waals surface area contributed by atoms with E-state index >= 15 is 0 Å². The van der Waals surface area contributed by atoms with E-state index < -0.39 is 5.82 Å². The van der Waals surface area contributed by atoms with Crippen LogP contribution in [-0.4, -0.2) is 12.9 Å². The number of ether oxygens (including phenoxy) is 1. The van der Waals surface area contributed by atoms with Crippen LogP contribution in [0, 0.1) is 11.7 Å². The molecule has 0 atom stereocenters. The van der Waals surface area contributed by atoms with Gasteiger partial charge in [-0.3, -0.25) is 4.79 Å². The maximum atomic E-state index is 14.0. The van der Waals surface area contributed by atoms with E-state index in [1.54, 1.807) is 12.1 Å². The summed E-state index contributed by atoms with van der Waals surface area (Å²) in [6.45, 7) is 4.25. The molecule has 3 heteroatoms. The summed E-state index contributed by atoms with van der Waals surface area (Å²) in [7, 11) is 1.46. The van der Waals surface area contributed by atoms with Gasteiger partial charge in [0.05, 0.1) is 12.7 Å². The molecule has 0 heterocycles. The minimum absolute atomic E-state index is 0.0671. The molecule has 2 rings (SSSR count). The molecule has 2 aromatic carbocycles. The molecule has 2 nitrogen and oxygen atoms in total. The summed E-state index contributed by atoms with van der Waals surface area (Å²) in [6.07, 6.45) is 0.895. The summed E-state index contributed by atoms with van der Waals surface area (Å²) in [5.74, 6) is 0.0417. The summed E-state index contributed by atoms with van der Waals surface area (Å²) in [5.41, 5.74) is 1.67. The quantitative estimate of drug-likeness (QED) is 0.767. The van der Waals surface area contributed by atoms with Gasteiger partial charge in [-0.2, -0.15) is 0 Å². The first-order valence-corrected chi connectivity index (χ1v) is 6.98. The van der Waals surface area contributed by atoms with Crippen LogP contribution in [0.5, 0.6) is 5.75 Å². The maximum absolute atomic E-state index is 14.0. The zero-order valence-electron chi connectivity index (χ0n) is 12.5. The summed E-state index contributed by atoms with van der Waals surface area (Å²) in [4.78, 5) is 12.4.